The van der Waals surface area contributed by atoms with E-state index in [0.717, 1.165) is 5.56 Å². The van der Waals surface area contributed by atoms with Crippen molar-refractivity contribution in [2.24, 2.45) is 0 Å². The molecule has 6 nitrogen and oxygen atoms in total. The molecule has 0 spiro atoms. The van der Waals surface area contributed by atoms with Crippen LogP contribution in [0.3, 0.4) is 0 Å². The van der Waals surface area contributed by atoms with E-state index in [1.54, 1.807) is 29.2 Å². The molecule has 1 saturated heterocycles. The molecule has 2 aromatic rings. The number of carbonyl (C=O) groups is 2. The standard InChI is InChI=1S/C17H17NO5/c19-11-15-4-5-16(23-15)13-2-1-3-14(10-13)22-12-17(20)18-6-8-21-9-7-18/h1-5,10-11H,6-9,12H2. The third-order valence-corrected chi connectivity index (χ3v) is 3.59. The van der Waals surface area contributed by atoms with Gasteiger partial charge in [0.15, 0.2) is 18.7 Å². The summed E-state index contributed by atoms with van der Waals surface area (Å²) in [5, 5.41) is 0. The van der Waals surface area contributed by atoms with E-state index in [1.807, 2.05) is 12.1 Å². The molecule has 1 amide bonds. The third-order valence-electron chi connectivity index (χ3n) is 3.59. The van der Waals surface area contributed by atoms with Crippen molar-refractivity contribution in [1.29, 1.82) is 0 Å². The molecule has 0 atom stereocenters. The molecule has 1 fully saturated rings. The molecule has 1 aliphatic rings. The molecule has 6 heteroatoms. The molecule has 3 rings (SSSR count). The number of ether oxygens (including phenoxy) is 2. The smallest absolute Gasteiger partial charge is 0.260 e. The van der Waals surface area contributed by atoms with Crippen LogP contribution in [-0.4, -0.2) is 50.0 Å². The molecular weight excluding hydrogens is 298 g/mol. The van der Waals surface area contributed by atoms with Gasteiger partial charge in [0.25, 0.3) is 5.91 Å². The predicted octanol–water partition coefficient (Wildman–Crippen LogP) is 2.00. The molecule has 1 aliphatic heterocycles. The van der Waals surface area contributed by atoms with Crippen LogP contribution in [0, 0.1) is 0 Å². The first-order valence-corrected chi connectivity index (χ1v) is 7.40. The number of rotatable bonds is 5. The number of amides is 1. The van der Waals surface area contributed by atoms with Crippen molar-refractivity contribution >= 4 is 12.2 Å². The Kier molecular flexibility index (Phi) is 4.73. The number of carbonyl (C=O) groups excluding carboxylic acids is 2. The highest BCUT2D eigenvalue weighted by atomic mass is 16.5. The Morgan fingerprint density at radius 1 is 1.22 bits per heavy atom. The van der Waals surface area contributed by atoms with Gasteiger partial charge in [-0.25, -0.2) is 0 Å². The van der Waals surface area contributed by atoms with Gasteiger partial charge in [-0.05, 0) is 24.3 Å². The van der Waals surface area contributed by atoms with Crippen molar-refractivity contribution in [2.45, 2.75) is 0 Å². The molecule has 0 N–H and O–H groups in total. The van der Waals surface area contributed by atoms with Gasteiger partial charge >= 0.3 is 0 Å². The van der Waals surface area contributed by atoms with Crippen molar-refractivity contribution < 1.29 is 23.5 Å². The van der Waals surface area contributed by atoms with E-state index in [1.165, 1.54) is 0 Å². The number of hydrogen-bond acceptors (Lipinski definition) is 5. The lowest BCUT2D eigenvalue weighted by molar-refractivity contribution is -0.137. The van der Waals surface area contributed by atoms with Crippen LogP contribution in [0.15, 0.2) is 40.8 Å². The van der Waals surface area contributed by atoms with E-state index in [4.69, 9.17) is 13.9 Å². The summed E-state index contributed by atoms with van der Waals surface area (Å²) in [5.74, 6) is 1.37. The number of furan rings is 1. The van der Waals surface area contributed by atoms with Gasteiger partial charge in [0.05, 0.1) is 13.2 Å². The van der Waals surface area contributed by atoms with Gasteiger partial charge in [-0.15, -0.1) is 0 Å². The van der Waals surface area contributed by atoms with E-state index < -0.39 is 0 Å². The van der Waals surface area contributed by atoms with Crippen molar-refractivity contribution in [3.63, 3.8) is 0 Å². The summed E-state index contributed by atoms with van der Waals surface area (Å²) in [4.78, 5) is 24.5. The van der Waals surface area contributed by atoms with E-state index in [2.05, 4.69) is 0 Å². The lowest BCUT2D eigenvalue weighted by Crippen LogP contribution is -2.42. The van der Waals surface area contributed by atoms with Crippen LogP contribution in [0.4, 0.5) is 0 Å². The molecule has 1 aromatic heterocycles. The molecular formula is C17H17NO5. The molecule has 0 radical (unpaired) electrons. The van der Waals surface area contributed by atoms with Crippen LogP contribution in [-0.2, 0) is 9.53 Å². The second-order valence-electron chi connectivity index (χ2n) is 5.13. The Hall–Kier alpha value is -2.60. The quantitative estimate of drug-likeness (QED) is 0.789. The summed E-state index contributed by atoms with van der Waals surface area (Å²) in [6.07, 6.45) is 0.658. The minimum atomic E-state index is -0.0556. The largest absolute Gasteiger partial charge is 0.484 e. The molecule has 0 bridgehead atoms. The Labute approximate surface area is 133 Å². The zero-order chi connectivity index (χ0) is 16.1. The molecule has 2 heterocycles. The Morgan fingerprint density at radius 2 is 2.04 bits per heavy atom. The van der Waals surface area contributed by atoms with Crippen molar-refractivity contribution in [1.82, 2.24) is 4.90 Å². The topological polar surface area (TPSA) is 69.0 Å². The molecule has 0 aliphatic carbocycles. The van der Waals surface area contributed by atoms with Gasteiger partial charge in [0.2, 0.25) is 0 Å². The Bertz CT molecular complexity index is 688. The van der Waals surface area contributed by atoms with Gasteiger partial charge in [-0.2, -0.15) is 0 Å². The maximum atomic E-state index is 12.1. The fourth-order valence-corrected chi connectivity index (χ4v) is 2.36. The maximum Gasteiger partial charge on any atom is 0.260 e. The van der Waals surface area contributed by atoms with Crippen LogP contribution in [0.2, 0.25) is 0 Å². The minimum Gasteiger partial charge on any atom is -0.484 e. The number of hydrogen-bond donors (Lipinski definition) is 0. The summed E-state index contributed by atoms with van der Waals surface area (Å²) in [6.45, 7) is 2.32. The summed E-state index contributed by atoms with van der Waals surface area (Å²) >= 11 is 0. The van der Waals surface area contributed by atoms with Crippen molar-refractivity contribution in [3.8, 4) is 17.1 Å². The van der Waals surface area contributed by atoms with Gasteiger partial charge in [0.1, 0.15) is 11.5 Å². The third kappa shape index (κ3) is 3.78. The summed E-state index contributed by atoms with van der Waals surface area (Å²) in [6, 6.07) is 10.6. The Morgan fingerprint density at radius 3 is 2.78 bits per heavy atom. The number of nitrogens with zero attached hydrogens (tertiary/aromatic N) is 1. The van der Waals surface area contributed by atoms with Crippen molar-refractivity contribution in [3.05, 3.63) is 42.2 Å². The van der Waals surface area contributed by atoms with E-state index in [0.29, 0.717) is 44.1 Å². The molecule has 23 heavy (non-hydrogen) atoms. The SMILES string of the molecule is O=Cc1ccc(-c2cccc(OCC(=O)N3CCOCC3)c2)o1. The van der Waals surface area contributed by atoms with Gasteiger partial charge in [-0.1, -0.05) is 12.1 Å². The maximum absolute atomic E-state index is 12.1. The molecule has 1 aromatic carbocycles. The average molecular weight is 315 g/mol. The number of benzene rings is 1. The lowest BCUT2D eigenvalue weighted by atomic mass is 10.1. The fraction of sp³-hybridized carbons (Fsp3) is 0.294. The zero-order valence-corrected chi connectivity index (χ0v) is 12.6. The van der Waals surface area contributed by atoms with E-state index in [-0.39, 0.29) is 18.3 Å². The number of aldehydes is 1. The molecule has 0 saturated carbocycles. The van der Waals surface area contributed by atoms with Crippen molar-refractivity contribution in [2.75, 3.05) is 32.9 Å². The molecule has 120 valence electrons. The second-order valence-corrected chi connectivity index (χ2v) is 5.13. The first kappa shape index (κ1) is 15.3. The van der Waals surface area contributed by atoms with Crippen LogP contribution < -0.4 is 4.74 Å². The highest BCUT2D eigenvalue weighted by Gasteiger charge is 2.17. The zero-order valence-electron chi connectivity index (χ0n) is 12.6. The van der Waals surface area contributed by atoms with Gasteiger partial charge in [0, 0.05) is 18.7 Å². The summed E-state index contributed by atoms with van der Waals surface area (Å²) < 4.78 is 16.2. The average Bonchev–Trinajstić information content (AvgIpc) is 3.10. The van der Waals surface area contributed by atoms with Crippen LogP contribution in [0.25, 0.3) is 11.3 Å². The highest BCUT2D eigenvalue weighted by molar-refractivity contribution is 5.78. The normalized spacial score (nSPS) is 14.5. The van der Waals surface area contributed by atoms with E-state index >= 15 is 0 Å². The Balaban J connectivity index is 1.63. The van der Waals surface area contributed by atoms with Crippen LogP contribution >= 0.6 is 0 Å². The fourth-order valence-electron chi connectivity index (χ4n) is 2.36. The van der Waals surface area contributed by atoms with E-state index in [9.17, 15) is 9.59 Å². The molecule has 0 unspecified atom stereocenters. The summed E-state index contributed by atoms with van der Waals surface area (Å²) in [5.41, 5.74) is 0.787. The van der Waals surface area contributed by atoms with Crippen LogP contribution in [0.1, 0.15) is 10.6 Å². The monoisotopic (exact) mass is 315 g/mol. The minimum absolute atomic E-state index is 0.0127. The second kappa shape index (κ2) is 7.11. The predicted molar refractivity (Wildman–Crippen MR) is 82.4 cm³/mol. The van der Waals surface area contributed by atoms with Gasteiger partial charge in [-0.3, -0.25) is 9.59 Å². The summed E-state index contributed by atoms with van der Waals surface area (Å²) in [7, 11) is 0. The highest BCUT2D eigenvalue weighted by Crippen LogP contribution is 2.25. The lowest BCUT2D eigenvalue weighted by Gasteiger charge is -2.26. The van der Waals surface area contributed by atoms with Crippen LogP contribution in [0.5, 0.6) is 5.75 Å². The van der Waals surface area contributed by atoms with Gasteiger partial charge < -0.3 is 18.8 Å². The first-order chi connectivity index (χ1) is 11.3. The number of morpholine rings is 1. The first-order valence-electron chi connectivity index (χ1n) is 7.40.